The first kappa shape index (κ1) is 25.5. The molecular formula is C27H25FN10O. The number of rotatable bonds is 8. The number of H-pyrrole nitrogens is 1. The molecular weight excluding hydrogens is 499 g/mol. The number of carbonyl (C=O) groups is 1. The van der Waals surface area contributed by atoms with Crippen molar-refractivity contribution in [3.05, 3.63) is 89.4 Å². The number of hydrogen-bond donors (Lipinski definition) is 3. The fourth-order valence-electron chi connectivity index (χ4n) is 3.77. The molecule has 0 aliphatic carbocycles. The Kier molecular flexibility index (Phi) is 7.26. The zero-order valence-electron chi connectivity index (χ0n) is 21.5. The largest absolute Gasteiger partial charge is 0.345 e. The maximum Gasteiger partial charge on any atom is 0.270 e. The van der Waals surface area contributed by atoms with Crippen LogP contribution in [0.3, 0.4) is 0 Å². The van der Waals surface area contributed by atoms with Crippen LogP contribution in [0.15, 0.2) is 55.1 Å². The minimum absolute atomic E-state index is 0.152. The lowest BCUT2D eigenvalue weighted by atomic mass is 10.1. The lowest BCUT2D eigenvalue weighted by Crippen LogP contribution is -2.24. The number of anilines is 2. The van der Waals surface area contributed by atoms with E-state index >= 15 is 0 Å². The standard InChI is InChI=1S/C27H25FN10O/c1-4-19-9-25(38-37-19)35-24-7-15(2)34-26(36-24)17-5-6-22(31-10-17)27(39)33-13-20-12-32-23(14-30-20)21-8-18(28)11-29-16(21)3/h5-12,14H,4,13H2,1-3H3,(H,33,39)(H2,34,35,36,37,38). The third kappa shape index (κ3) is 6.06. The molecule has 0 bridgehead atoms. The molecule has 5 aromatic heterocycles. The molecule has 0 saturated carbocycles. The fraction of sp³-hybridized carbons (Fsp3) is 0.185. The van der Waals surface area contributed by atoms with E-state index < -0.39 is 5.82 Å². The van der Waals surface area contributed by atoms with Gasteiger partial charge in [0.25, 0.3) is 5.91 Å². The van der Waals surface area contributed by atoms with E-state index in [1.54, 1.807) is 25.3 Å². The van der Waals surface area contributed by atoms with Gasteiger partial charge >= 0.3 is 0 Å². The van der Waals surface area contributed by atoms with Crippen LogP contribution in [0.2, 0.25) is 0 Å². The molecule has 0 aliphatic heterocycles. The Morgan fingerprint density at radius 2 is 1.82 bits per heavy atom. The molecule has 0 fully saturated rings. The molecule has 5 aromatic rings. The smallest absolute Gasteiger partial charge is 0.270 e. The summed E-state index contributed by atoms with van der Waals surface area (Å²) in [6.07, 6.45) is 6.62. The molecule has 3 N–H and O–H groups in total. The molecule has 0 atom stereocenters. The highest BCUT2D eigenvalue weighted by molar-refractivity contribution is 5.92. The van der Waals surface area contributed by atoms with E-state index in [2.05, 4.69) is 50.7 Å². The minimum atomic E-state index is -0.446. The molecule has 196 valence electrons. The van der Waals surface area contributed by atoms with Crippen molar-refractivity contribution in [2.24, 2.45) is 0 Å². The number of hydrogen-bond acceptors (Lipinski definition) is 9. The van der Waals surface area contributed by atoms with Crippen LogP contribution in [0, 0.1) is 19.7 Å². The summed E-state index contributed by atoms with van der Waals surface area (Å²) in [5, 5.41) is 13.2. The monoisotopic (exact) mass is 524 g/mol. The minimum Gasteiger partial charge on any atom is -0.345 e. The van der Waals surface area contributed by atoms with Gasteiger partial charge in [-0.25, -0.2) is 14.4 Å². The number of pyridine rings is 2. The SMILES string of the molecule is CCc1cc(Nc2cc(C)nc(-c3ccc(C(=O)NCc4cnc(-c5cc(F)cnc5C)cn4)nc3)n2)n[nH]1. The third-order valence-corrected chi connectivity index (χ3v) is 5.84. The van der Waals surface area contributed by atoms with Crippen LogP contribution < -0.4 is 10.6 Å². The van der Waals surface area contributed by atoms with Gasteiger partial charge in [0, 0.05) is 46.5 Å². The quantitative estimate of drug-likeness (QED) is 0.273. The lowest BCUT2D eigenvalue weighted by molar-refractivity contribution is 0.0945. The van der Waals surface area contributed by atoms with Gasteiger partial charge in [0.05, 0.1) is 36.5 Å². The summed E-state index contributed by atoms with van der Waals surface area (Å²) in [7, 11) is 0. The summed E-state index contributed by atoms with van der Waals surface area (Å²) in [6.45, 7) is 5.84. The average Bonchev–Trinajstić information content (AvgIpc) is 3.40. The van der Waals surface area contributed by atoms with E-state index in [-0.39, 0.29) is 18.1 Å². The predicted octanol–water partition coefficient (Wildman–Crippen LogP) is 4.11. The molecule has 12 heteroatoms. The summed E-state index contributed by atoms with van der Waals surface area (Å²) in [6, 6.07) is 8.47. The van der Waals surface area contributed by atoms with Gasteiger partial charge in [-0.05, 0) is 38.5 Å². The second-order valence-electron chi connectivity index (χ2n) is 8.77. The zero-order valence-corrected chi connectivity index (χ0v) is 21.5. The molecule has 0 aromatic carbocycles. The first-order chi connectivity index (χ1) is 18.9. The fourth-order valence-corrected chi connectivity index (χ4v) is 3.77. The van der Waals surface area contributed by atoms with Crippen molar-refractivity contribution in [2.75, 3.05) is 5.32 Å². The summed E-state index contributed by atoms with van der Waals surface area (Å²) in [5.41, 5.74) is 4.94. The predicted molar refractivity (Wildman–Crippen MR) is 142 cm³/mol. The van der Waals surface area contributed by atoms with Crippen molar-refractivity contribution >= 4 is 17.5 Å². The van der Waals surface area contributed by atoms with Crippen LogP contribution in [0.4, 0.5) is 16.0 Å². The number of amides is 1. The Balaban J connectivity index is 1.22. The molecule has 0 aliphatic rings. The molecule has 5 rings (SSSR count). The molecule has 1 amide bonds. The van der Waals surface area contributed by atoms with Crippen LogP contribution in [-0.2, 0) is 13.0 Å². The van der Waals surface area contributed by atoms with E-state index in [9.17, 15) is 9.18 Å². The highest BCUT2D eigenvalue weighted by Crippen LogP contribution is 2.21. The van der Waals surface area contributed by atoms with Crippen LogP contribution in [-0.4, -0.2) is 46.0 Å². The number of carbonyl (C=O) groups excluding carboxylic acids is 1. The zero-order chi connectivity index (χ0) is 27.4. The number of nitrogens with one attached hydrogen (secondary N) is 3. The number of aryl methyl sites for hydroxylation is 3. The van der Waals surface area contributed by atoms with E-state index in [1.807, 2.05) is 26.0 Å². The Morgan fingerprint density at radius 1 is 0.949 bits per heavy atom. The summed E-state index contributed by atoms with van der Waals surface area (Å²) >= 11 is 0. The summed E-state index contributed by atoms with van der Waals surface area (Å²) in [4.78, 5) is 38.7. The summed E-state index contributed by atoms with van der Waals surface area (Å²) in [5.74, 6) is 0.932. The van der Waals surface area contributed by atoms with Crippen molar-refractivity contribution in [2.45, 2.75) is 33.7 Å². The van der Waals surface area contributed by atoms with Gasteiger partial charge in [0.1, 0.15) is 17.3 Å². The van der Waals surface area contributed by atoms with Crippen molar-refractivity contribution in [3.63, 3.8) is 0 Å². The topological polar surface area (TPSA) is 147 Å². The molecule has 0 spiro atoms. The van der Waals surface area contributed by atoms with Gasteiger partial charge in [-0.15, -0.1) is 0 Å². The number of aromatic amines is 1. The van der Waals surface area contributed by atoms with Crippen molar-refractivity contribution in [1.29, 1.82) is 0 Å². The Bertz CT molecular complexity index is 1620. The molecule has 0 saturated heterocycles. The molecule has 5 heterocycles. The number of nitrogens with zero attached hydrogens (tertiary/aromatic N) is 7. The Morgan fingerprint density at radius 3 is 2.54 bits per heavy atom. The van der Waals surface area contributed by atoms with Gasteiger partial charge in [0.15, 0.2) is 11.6 Å². The van der Waals surface area contributed by atoms with E-state index in [4.69, 9.17) is 0 Å². The van der Waals surface area contributed by atoms with Crippen LogP contribution >= 0.6 is 0 Å². The second kappa shape index (κ2) is 11.1. The molecule has 0 radical (unpaired) electrons. The average molecular weight is 525 g/mol. The van der Waals surface area contributed by atoms with Gasteiger partial charge in [0.2, 0.25) is 0 Å². The van der Waals surface area contributed by atoms with E-state index in [1.165, 1.54) is 18.5 Å². The van der Waals surface area contributed by atoms with Crippen molar-refractivity contribution < 1.29 is 9.18 Å². The molecule has 11 nitrogen and oxygen atoms in total. The molecule has 0 unspecified atom stereocenters. The number of aromatic nitrogens is 8. The third-order valence-electron chi connectivity index (χ3n) is 5.84. The van der Waals surface area contributed by atoms with Gasteiger partial charge in [-0.3, -0.25) is 29.8 Å². The van der Waals surface area contributed by atoms with Crippen LogP contribution in [0.1, 0.15) is 40.2 Å². The molecule has 39 heavy (non-hydrogen) atoms. The van der Waals surface area contributed by atoms with Crippen LogP contribution in [0.5, 0.6) is 0 Å². The first-order valence-corrected chi connectivity index (χ1v) is 12.2. The highest BCUT2D eigenvalue weighted by Gasteiger charge is 2.12. The number of halogens is 1. The van der Waals surface area contributed by atoms with Gasteiger partial charge in [-0.1, -0.05) is 6.92 Å². The Labute approximate surface area is 223 Å². The van der Waals surface area contributed by atoms with E-state index in [0.717, 1.165) is 24.0 Å². The van der Waals surface area contributed by atoms with Crippen molar-refractivity contribution in [3.8, 4) is 22.6 Å². The van der Waals surface area contributed by atoms with Crippen LogP contribution in [0.25, 0.3) is 22.6 Å². The van der Waals surface area contributed by atoms with E-state index in [0.29, 0.717) is 45.7 Å². The van der Waals surface area contributed by atoms with Gasteiger partial charge in [-0.2, -0.15) is 5.10 Å². The lowest BCUT2D eigenvalue weighted by Gasteiger charge is -2.08. The normalized spacial score (nSPS) is 10.9. The summed E-state index contributed by atoms with van der Waals surface area (Å²) < 4.78 is 13.6. The second-order valence-corrected chi connectivity index (χ2v) is 8.77. The van der Waals surface area contributed by atoms with Gasteiger partial charge < -0.3 is 10.6 Å². The van der Waals surface area contributed by atoms with Crippen molar-refractivity contribution in [1.82, 2.24) is 45.4 Å². The maximum absolute atomic E-state index is 13.6. The Hall–Kier alpha value is -5.13. The highest BCUT2D eigenvalue weighted by atomic mass is 19.1. The first-order valence-electron chi connectivity index (χ1n) is 12.2. The maximum atomic E-state index is 13.6.